The molecule has 1 saturated heterocycles. The molecule has 2 amide bonds. The van der Waals surface area contributed by atoms with Gasteiger partial charge >= 0.3 is 5.69 Å². The monoisotopic (exact) mass is 487 g/mol. The van der Waals surface area contributed by atoms with Gasteiger partial charge in [0, 0.05) is 36.8 Å². The number of amides is 2. The van der Waals surface area contributed by atoms with E-state index in [1.165, 1.54) is 20.4 Å². The van der Waals surface area contributed by atoms with Crippen LogP contribution in [-0.2, 0) is 29.8 Å². The molecule has 4 rings (SSSR count). The van der Waals surface area contributed by atoms with Crippen molar-refractivity contribution in [2.45, 2.75) is 20.1 Å². The fourth-order valence-electron chi connectivity index (χ4n) is 3.64. The molecule has 1 aromatic heterocycles. The molecule has 0 spiro atoms. The summed E-state index contributed by atoms with van der Waals surface area (Å²) >= 11 is 6.34. The van der Waals surface area contributed by atoms with Crippen LogP contribution in [0.15, 0.2) is 35.1 Å². The number of nitrogens with one attached hydrogen (secondary N) is 1. The average molecular weight is 488 g/mol. The van der Waals surface area contributed by atoms with Crippen LogP contribution in [0.2, 0.25) is 5.02 Å². The van der Waals surface area contributed by atoms with Crippen molar-refractivity contribution in [3.05, 3.63) is 68.6 Å². The van der Waals surface area contributed by atoms with E-state index in [0.29, 0.717) is 27.7 Å². The number of rotatable bonds is 6. The minimum Gasteiger partial charge on any atom is -0.485 e. The van der Waals surface area contributed by atoms with E-state index in [2.05, 4.69) is 10.2 Å². The number of nitrogens with zero attached hydrogens (tertiary/aromatic N) is 4. The summed E-state index contributed by atoms with van der Waals surface area (Å²) in [6, 6.07) is 7.80. The average Bonchev–Trinajstić information content (AvgIpc) is 3.11. The first kappa shape index (κ1) is 23.5. The highest BCUT2D eigenvalue weighted by molar-refractivity contribution is 6.31. The van der Waals surface area contributed by atoms with Gasteiger partial charge in [-0.15, -0.1) is 0 Å². The minimum atomic E-state index is -0.499. The molecular weight excluding hydrogens is 465 g/mol. The Labute approximate surface area is 199 Å². The largest absolute Gasteiger partial charge is 0.485 e. The molecule has 34 heavy (non-hydrogen) atoms. The third-order valence-electron chi connectivity index (χ3n) is 5.76. The van der Waals surface area contributed by atoms with Crippen molar-refractivity contribution in [2.24, 2.45) is 7.05 Å². The number of halogens is 2. The maximum atomic E-state index is 15.0. The van der Waals surface area contributed by atoms with E-state index < -0.39 is 5.82 Å². The second kappa shape index (κ2) is 9.30. The Balaban J connectivity index is 1.66. The van der Waals surface area contributed by atoms with Crippen molar-refractivity contribution >= 4 is 23.4 Å². The van der Waals surface area contributed by atoms with Gasteiger partial charge in [0.25, 0.3) is 0 Å². The number of carbonyl (C=O) groups is 2. The molecular formula is C23H23ClFN5O4. The van der Waals surface area contributed by atoms with Gasteiger partial charge in [0.2, 0.25) is 11.8 Å². The summed E-state index contributed by atoms with van der Waals surface area (Å²) < 4.78 is 22.2. The van der Waals surface area contributed by atoms with Crippen molar-refractivity contribution in [2.75, 3.05) is 20.1 Å². The summed E-state index contributed by atoms with van der Waals surface area (Å²) in [5.41, 5.74) is 1.66. The number of aryl methyl sites for hydroxylation is 1. The van der Waals surface area contributed by atoms with Crippen LogP contribution in [0.25, 0.3) is 11.1 Å². The SMILES string of the molecule is Cc1cc(OCc2n[nH]c(=O)n2C)c(-c2cc(CN3CC(=O)N(C)CC3=O)ccc2F)cc1Cl. The number of carbonyl (C=O) groups excluding carboxylic acids is 2. The van der Waals surface area contributed by atoms with E-state index in [9.17, 15) is 18.8 Å². The van der Waals surface area contributed by atoms with Crippen LogP contribution < -0.4 is 10.4 Å². The maximum Gasteiger partial charge on any atom is 0.343 e. The predicted molar refractivity (Wildman–Crippen MR) is 123 cm³/mol. The van der Waals surface area contributed by atoms with E-state index >= 15 is 0 Å². The molecule has 0 radical (unpaired) electrons. The lowest BCUT2D eigenvalue weighted by molar-refractivity contribution is -0.149. The van der Waals surface area contributed by atoms with Crippen LogP contribution >= 0.6 is 11.6 Å². The molecule has 178 valence electrons. The summed E-state index contributed by atoms with van der Waals surface area (Å²) in [6.45, 7) is 1.91. The van der Waals surface area contributed by atoms with Crippen molar-refractivity contribution in [1.29, 1.82) is 0 Å². The molecule has 0 atom stereocenters. The van der Waals surface area contributed by atoms with Gasteiger partial charge in [-0.3, -0.25) is 14.2 Å². The van der Waals surface area contributed by atoms with Crippen LogP contribution in [0, 0.1) is 12.7 Å². The number of likely N-dealkylation sites (N-methyl/N-ethyl adjacent to an activating group) is 1. The molecule has 1 aliphatic rings. The van der Waals surface area contributed by atoms with Crippen LogP contribution in [0.4, 0.5) is 4.39 Å². The second-order valence-corrected chi connectivity index (χ2v) is 8.61. The fourth-order valence-corrected chi connectivity index (χ4v) is 3.80. The lowest BCUT2D eigenvalue weighted by Crippen LogP contribution is -2.51. The molecule has 11 heteroatoms. The summed E-state index contributed by atoms with van der Waals surface area (Å²) in [6.07, 6.45) is 0. The first-order valence-corrected chi connectivity index (χ1v) is 10.9. The first-order chi connectivity index (χ1) is 16.1. The number of aromatic nitrogens is 3. The van der Waals surface area contributed by atoms with Crippen molar-refractivity contribution in [3.8, 4) is 16.9 Å². The summed E-state index contributed by atoms with van der Waals surface area (Å²) in [5, 5.41) is 6.69. The van der Waals surface area contributed by atoms with Crippen LogP contribution in [-0.4, -0.2) is 56.5 Å². The van der Waals surface area contributed by atoms with Gasteiger partial charge < -0.3 is 14.5 Å². The number of aromatic amines is 1. The smallest absolute Gasteiger partial charge is 0.343 e. The number of hydrogen-bond donors (Lipinski definition) is 1. The van der Waals surface area contributed by atoms with Crippen LogP contribution in [0.1, 0.15) is 17.0 Å². The summed E-state index contributed by atoms with van der Waals surface area (Å²) in [7, 11) is 3.14. The van der Waals surface area contributed by atoms with E-state index in [0.717, 1.165) is 5.56 Å². The molecule has 2 heterocycles. The Morgan fingerprint density at radius 3 is 2.56 bits per heavy atom. The number of piperazine rings is 1. The topological polar surface area (TPSA) is 101 Å². The Hall–Kier alpha value is -3.66. The number of H-pyrrole nitrogens is 1. The Morgan fingerprint density at radius 2 is 1.85 bits per heavy atom. The van der Waals surface area contributed by atoms with E-state index in [4.69, 9.17) is 16.3 Å². The highest BCUT2D eigenvalue weighted by Crippen LogP contribution is 2.37. The van der Waals surface area contributed by atoms with Gasteiger partial charge in [0.1, 0.15) is 24.7 Å². The third-order valence-corrected chi connectivity index (χ3v) is 6.17. The molecule has 1 fully saturated rings. The van der Waals surface area contributed by atoms with Gasteiger partial charge in [-0.1, -0.05) is 17.7 Å². The Morgan fingerprint density at radius 1 is 1.09 bits per heavy atom. The molecule has 0 aliphatic carbocycles. The summed E-state index contributed by atoms with van der Waals surface area (Å²) in [4.78, 5) is 38.8. The minimum absolute atomic E-state index is 0.00807. The van der Waals surface area contributed by atoms with Gasteiger partial charge in [-0.05, 0) is 42.3 Å². The number of benzene rings is 2. The number of hydrogen-bond acceptors (Lipinski definition) is 5. The van der Waals surface area contributed by atoms with E-state index in [-0.39, 0.29) is 49.3 Å². The molecule has 1 aliphatic heterocycles. The molecule has 9 nitrogen and oxygen atoms in total. The highest BCUT2D eigenvalue weighted by Gasteiger charge is 2.27. The molecule has 1 N–H and O–H groups in total. The fraction of sp³-hybridized carbons (Fsp3) is 0.304. The quantitative estimate of drug-likeness (QED) is 0.575. The first-order valence-electron chi connectivity index (χ1n) is 10.5. The normalized spacial score (nSPS) is 14.1. The molecule has 0 saturated carbocycles. The zero-order chi connectivity index (χ0) is 24.6. The lowest BCUT2D eigenvalue weighted by atomic mass is 9.99. The maximum absolute atomic E-state index is 15.0. The van der Waals surface area contributed by atoms with Crippen molar-refractivity contribution in [1.82, 2.24) is 24.6 Å². The lowest BCUT2D eigenvalue weighted by Gasteiger charge is -2.31. The van der Waals surface area contributed by atoms with Gasteiger partial charge in [0.15, 0.2) is 5.82 Å². The highest BCUT2D eigenvalue weighted by atomic mass is 35.5. The molecule has 2 aromatic carbocycles. The van der Waals surface area contributed by atoms with Gasteiger partial charge in [-0.2, -0.15) is 5.10 Å². The van der Waals surface area contributed by atoms with E-state index in [1.54, 1.807) is 45.3 Å². The Bertz CT molecular complexity index is 1340. The third kappa shape index (κ3) is 4.67. The number of ether oxygens (including phenoxy) is 1. The van der Waals surface area contributed by atoms with Crippen LogP contribution in [0.5, 0.6) is 5.75 Å². The van der Waals surface area contributed by atoms with Crippen molar-refractivity contribution < 1.29 is 18.7 Å². The standard InChI is InChI=1S/C23H23ClFN5O4/c1-13-6-19(34-12-20-26-27-23(33)29(20)3)16(8-17(13)24)15-7-14(4-5-18(15)25)9-30-11-21(31)28(2)10-22(30)32/h4-8H,9-12H2,1-3H3,(H,27,33). The second-order valence-electron chi connectivity index (χ2n) is 8.20. The zero-order valence-electron chi connectivity index (χ0n) is 18.9. The molecule has 3 aromatic rings. The van der Waals surface area contributed by atoms with Crippen molar-refractivity contribution in [3.63, 3.8) is 0 Å². The summed E-state index contributed by atoms with van der Waals surface area (Å²) in [5.74, 6) is -0.104. The van der Waals surface area contributed by atoms with Gasteiger partial charge in [-0.25, -0.2) is 14.3 Å². The van der Waals surface area contributed by atoms with Gasteiger partial charge in [0.05, 0.1) is 6.54 Å². The molecule has 0 bridgehead atoms. The molecule has 0 unspecified atom stereocenters. The van der Waals surface area contributed by atoms with E-state index in [1.807, 2.05) is 0 Å². The van der Waals surface area contributed by atoms with Crippen LogP contribution in [0.3, 0.4) is 0 Å². The zero-order valence-corrected chi connectivity index (χ0v) is 19.6. The Kier molecular flexibility index (Phi) is 6.43. The predicted octanol–water partition coefficient (Wildman–Crippen LogP) is 2.26.